The van der Waals surface area contributed by atoms with E-state index in [2.05, 4.69) is 0 Å². The van der Waals surface area contributed by atoms with Crippen LogP contribution < -0.4 is 9.64 Å². The fourth-order valence-corrected chi connectivity index (χ4v) is 3.75. The molecule has 0 fully saturated rings. The van der Waals surface area contributed by atoms with Crippen LogP contribution in [-0.4, -0.2) is 44.3 Å². The van der Waals surface area contributed by atoms with Gasteiger partial charge in [0, 0.05) is 24.9 Å². The van der Waals surface area contributed by atoms with Crippen LogP contribution in [0, 0.1) is 10.1 Å². The van der Waals surface area contributed by atoms with Crippen molar-refractivity contribution in [3.05, 3.63) is 57.6 Å². The van der Waals surface area contributed by atoms with E-state index in [1.807, 2.05) is 0 Å². The second kappa shape index (κ2) is 7.84. The van der Waals surface area contributed by atoms with Crippen LogP contribution in [0.25, 0.3) is 0 Å². The summed E-state index contributed by atoms with van der Waals surface area (Å²) in [7, 11) is -3.77. The number of alkyl halides is 3. The first-order valence-electron chi connectivity index (χ1n) is 8.95. The van der Waals surface area contributed by atoms with Crippen LogP contribution in [0.5, 0.6) is 5.75 Å². The fraction of sp³-hybridized carbons (Fsp3) is 0.316. The number of nitrogens with zero attached hydrogens (tertiary/aromatic N) is 2. The summed E-state index contributed by atoms with van der Waals surface area (Å²) in [6, 6.07) is 6.97. The maximum absolute atomic E-state index is 13.2. The van der Waals surface area contributed by atoms with Crippen LogP contribution in [0.1, 0.15) is 22.8 Å². The number of carbonyl (C=O) groups is 1. The highest BCUT2D eigenvalue weighted by Crippen LogP contribution is 2.35. The van der Waals surface area contributed by atoms with E-state index < -0.39 is 44.3 Å². The Bertz CT molecular complexity index is 1160. The number of fused-ring (bicyclic) bond motifs is 1. The Morgan fingerprint density at radius 1 is 1.23 bits per heavy atom. The molecular weight excluding hydrogens is 441 g/mol. The zero-order chi connectivity index (χ0) is 23.1. The van der Waals surface area contributed by atoms with Crippen molar-refractivity contribution in [1.82, 2.24) is 0 Å². The first-order chi connectivity index (χ1) is 14.3. The molecule has 12 heteroatoms. The number of hydrogen-bond donors (Lipinski definition) is 0. The third-order valence-corrected chi connectivity index (χ3v) is 5.90. The lowest BCUT2D eigenvalue weighted by molar-refractivity contribution is -0.384. The van der Waals surface area contributed by atoms with Crippen LogP contribution in [0.3, 0.4) is 0 Å². The van der Waals surface area contributed by atoms with Crippen LogP contribution in [0.4, 0.5) is 24.5 Å². The molecular formula is C19H17F3N2O6S. The van der Waals surface area contributed by atoms with Crippen molar-refractivity contribution in [3.8, 4) is 5.75 Å². The van der Waals surface area contributed by atoms with Crippen LogP contribution >= 0.6 is 0 Å². The molecule has 1 amide bonds. The summed E-state index contributed by atoms with van der Waals surface area (Å²) in [6.07, 6.45) is -5.70. The molecule has 1 unspecified atom stereocenters. The van der Waals surface area contributed by atoms with Gasteiger partial charge in [-0.1, -0.05) is 6.07 Å². The van der Waals surface area contributed by atoms with Crippen LogP contribution in [-0.2, 0) is 16.3 Å². The largest absolute Gasteiger partial charge is 0.480 e. The SMILES string of the molecule is CC(Oc1ccc(S(C)(=O)=O)cc1C(=O)N1CCc2ccc([N+](=O)[O-])cc21)C(F)(F)F. The number of anilines is 1. The highest BCUT2D eigenvalue weighted by Gasteiger charge is 2.39. The topological polar surface area (TPSA) is 107 Å². The van der Waals surface area contributed by atoms with E-state index in [1.54, 1.807) is 0 Å². The number of halogens is 3. The third-order valence-electron chi connectivity index (χ3n) is 4.79. The Kier molecular flexibility index (Phi) is 5.70. The van der Waals surface area contributed by atoms with Gasteiger partial charge in [-0.05, 0) is 37.1 Å². The fourth-order valence-electron chi connectivity index (χ4n) is 3.10. The van der Waals surface area contributed by atoms with Gasteiger partial charge in [0.15, 0.2) is 15.9 Å². The predicted molar refractivity (Wildman–Crippen MR) is 104 cm³/mol. The Morgan fingerprint density at radius 3 is 2.48 bits per heavy atom. The monoisotopic (exact) mass is 458 g/mol. The average molecular weight is 458 g/mol. The quantitative estimate of drug-likeness (QED) is 0.501. The van der Waals surface area contributed by atoms with Gasteiger partial charge in [0.1, 0.15) is 5.75 Å². The summed E-state index contributed by atoms with van der Waals surface area (Å²) < 4.78 is 67.7. The van der Waals surface area contributed by atoms with Gasteiger partial charge in [0.2, 0.25) is 0 Å². The van der Waals surface area contributed by atoms with Crippen molar-refractivity contribution < 1.29 is 36.0 Å². The van der Waals surface area contributed by atoms with Gasteiger partial charge in [-0.3, -0.25) is 14.9 Å². The highest BCUT2D eigenvalue weighted by atomic mass is 32.2. The lowest BCUT2D eigenvalue weighted by Crippen LogP contribution is -2.33. The third kappa shape index (κ3) is 4.63. The summed E-state index contributed by atoms with van der Waals surface area (Å²) in [6.45, 7) is 0.875. The lowest BCUT2D eigenvalue weighted by Gasteiger charge is -2.22. The Hall–Kier alpha value is -3.15. The number of sulfone groups is 1. The normalized spacial score (nSPS) is 14.8. The molecule has 0 saturated heterocycles. The molecule has 0 aliphatic carbocycles. The molecule has 0 bridgehead atoms. The molecule has 1 heterocycles. The zero-order valence-electron chi connectivity index (χ0n) is 16.3. The molecule has 3 rings (SSSR count). The molecule has 1 aliphatic rings. The second-order valence-corrected chi connectivity index (χ2v) is 9.02. The molecule has 1 atom stereocenters. The minimum absolute atomic E-state index is 0.118. The van der Waals surface area contributed by atoms with Crippen molar-refractivity contribution in [2.75, 3.05) is 17.7 Å². The molecule has 31 heavy (non-hydrogen) atoms. The van der Waals surface area contributed by atoms with Gasteiger partial charge in [-0.25, -0.2) is 8.42 Å². The van der Waals surface area contributed by atoms with E-state index in [4.69, 9.17) is 4.74 Å². The minimum atomic E-state index is -4.71. The molecule has 1 aliphatic heterocycles. The van der Waals surface area contributed by atoms with Crippen LogP contribution in [0.2, 0.25) is 0 Å². The number of carbonyl (C=O) groups excluding carboxylic acids is 1. The van der Waals surface area contributed by atoms with Crippen LogP contribution in [0.15, 0.2) is 41.3 Å². The number of amides is 1. The second-order valence-electron chi connectivity index (χ2n) is 7.01. The molecule has 0 N–H and O–H groups in total. The van der Waals surface area contributed by atoms with Gasteiger partial charge >= 0.3 is 6.18 Å². The summed E-state index contributed by atoms with van der Waals surface area (Å²) in [5, 5.41) is 11.1. The molecule has 2 aromatic carbocycles. The van der Waals surface area contributed by atoms with E-state index in [0.717, 1.165) is 36.3 Å². The molecule has 8 nitrogen and oxygen atoms in total. The van der Waals surface area contributed by atoms with Gasteiger partial charge in [0.05, 0.1) is 21.1 Å². The van der Waals surface area contributed by atoms with E-state index >= 15 is 0 Å². The van der Waals surface area contributed by atoms with E-state index in [1.165, 1.54) is 18.2 Å². The Morgan fingerprint density at radius 2 is 1.90 bits per heavy atom. The van der Waals surface area contributed by atoms with Gasteiger partial charge in [0.25, 0.3) is 11.6 Å². The van der Waals surface area contributed by atoms with E-state index in [9.17, 15) is 36.5 Å². The standard InChI is InChI=1S/C19H17F3N2O6S/c1-11(19(20,21)22)30-17-6-5-14(31(2,28)29)10-15(17)18(25)23-8-7-12-3-4-13(24(26)27)9-16(12)23/h3-6,9-11H,7-8H2,1-2H3. The van der Waals surface area contributed by atoms with E-state index in [0.29, 0.717) is 12.0 Å². The number of ether oxygens (including phenoxy) is 1. The smallest absolute Gasteiger partial charge is 0.425 e. The molecule has 0 radical (unpaired) electrons. The molecule has 2 aromatic rings. The van der Waals surface area contributed by atoms with Crippen molar-refractivity contribution in [2.24, 2.45) is 0 Å². The number of hydrogen-bond acceptors (Lipinski definition) is 6. The van der Waals surface area contributed by atoms with Gasteiger partial charge < -0.3 is 9.64 Å². The Labute approximate surface area is 175 Å². The number of nitro groups is 1. The van der Waals surface area contributed by atoms with Crippen molar-refractivity contribution in [2.45, 2.75) is 30.5 Å². The molecule has 0 saturated carbocycles. The predicted octanol–water partition coefficient (Wildman–Crippen LogP) is 3.53. The average Bonchev–Trinajstić information content (AvgIpc) is 3.09. The number of non-ortho nitro benzene ring substituents is 1. The van der Waals surface area contributed by atoms with E-state index in [-0.39, 0.29) is 22.8 Å². The van der Waals surface area contributed by atoms with Gasteiger partial charge in [-0.2, -0.15) is 13.2 Å². The maximum Gasteiger partial charge on any atom is 0.425 e. The molecule has 166 valence electrons. The first-order valence-corrected chi connectivity index (χ1v) is 10.8. The minimum Gasteiger partial charge on any atom is -0.480 e. The maximum atomic E-state index is 13.2. The molecule has 0 spiro atoms. The highest BCUT2D eigenvalue weighted by molar-refractivity contribution is 7.90. The van der Waals surface area contributed by atoms with Gasteiger partial charge in [-0.15, -0.1) is 0 Å². The first kappa shape index (κ1) is 22.5. The van der Waals surface area contributed by atoms with Crippen molar-refractivity contribution >= 4 is 27.1 Å². The Balaban J connectivity index is 2.08. The summed E-state index contributed by atoms with van der Waals surface area (Å²) in [4.78, 5) is 24.6. The summed E-state index contributed by atoms with van der Waals surface area (Å²) in [5.74, 6) is -1.27. The zero-order valence-corrected chi connectivity index (χ0v) is 17.2. The molecule has 0 aromatic heterocycles. The van der Waals surface area contributed by atoms with Crippen molar-refractivity contribution in [1.29, 1.82) is 0 Å². The number of benzene rings is 2. The number of rotatable bonds is 5. The summed E-state index contributed by atoms with van der Waals surface area (Å²) >= 11 is 0. The summed E-state index contributed by atoms with van der Waals surface area (Å²) in [5.41, 5.74) is 0.229. The number of nitro benzene ring substituents is 1. The lowest BCUT2D eigenvalue weighted by atomic mass is 10.1. The van der Waals surface area contributed by atoms with Crippen molar-refractivity contribution in [3.63, 3.8) is 0 Å².